The van der Waals surface area contributed by atoms with Crippen molar-refractivity contribution in [3.05, 3.63) is 59.2 Å². The summed E-state index contributed by atoms with van der Waals surface area (Å²) in [4.78, 5) is 0. The number of benzene rings is 2. The number of nitrogen functional groups attached to an aromatic ring is 1. The summed E-state index contributed by atoms with van der Waals surface area (Å²) in [6.07, 6.45) is 0.838. The van der Waals surface area contributed by atoms with E-state index in [9.17, 15) is 0 Å². The van der Waals surface area contributed by atoms with E-state index in [1.807, 2.05) is 37.3 Å². The Balaban J connectivity index is 2.35. The van der Waals surface area contributed by atoms with E-state index in [0.717, 1.165) is 29.0 Å². The summed E-state index contributed by atoms with van der Waals surface area (Å²) < 4.78 is 5.27. The minimum absolute atomic E-state index is 0.838. The van der Waals surface area contributed by atoms with E-state index >= 15 is 0 Å². The van der Waals surface area contributed by atoms with E-state index in [4.69, 9.17) is 10.5 Å². The molecule has 2 nitrogen and oxygen atoms in total. The molecule has 0 spiro atoms. The van der Waals surface area contributed by atoms with E-state index in [2.05, 4.69) is 12.1 Å². The van der Waals surface area contributed by atoms with Crippen molar-refractivity contribution in [2.45, 2.75) is 13.3 Å². The lowest BCUT2D eigenvalue weighted by molar-refractivity contribution is 0.414. The summed E-state index contributed by atoms with van der Waals surface area (Å²) in [6.45, 7) is 2.01. The molecule has 0 aliphatic carbocycles. The van der Waals surface area contributed by atoms with Crippen LogP contribution in [0.3, 0.4) is 0 Å². The Bertz CT molecular complexity index is 506. The van der Waals surface area contributed by atoms with Crippen LogP contribution in [0.15, 0.2) is 42.5 Å². The maximum atomic E-state index is 6.10. The summed E-state index contributed by atoms with van der Waals surface area (Å²) in [6, 6.07) is 14.3. The zero-order chi connectivity index (χ0) is 12.3. The Morgan fingerprint density at radius 1 is 1.12 bits per heavy atom. The maximum Gasteiger partial charge on any atom is 0.119 e. The van der Waals surface area contributed by atoms with Crippen LogP contribution in [-0.4, -0.2) is 7.11 Å². The molecule has 0 fully saturated rings. The second-order valence-electron chi connectivity index (χ2n) is 4.18. The molecule has 2 heteroatoms. The van der Waals surface area contributed by atoms with Gasteiger partial charge in [-0.1, -0.05) is 30.3 Å². The minimum Gasteiger partial charge on any atom is -0.497 e. The molecule has 0 aliphatic rings. The quantitative estimate of drug-likeness (QED) is 0.817. The number of methoxy groups -OCH3 is 1. The van der Waals surface area contributed by atoms with E-state index in [1.54, 1.807) is 7.11 Å². The van der Waals surface area contributed by atoms with Crippen molar-refractivity contribution in [1.29, 1.82) is 0 Å². The lowest BCUT2D eigenvalue weighted by Gasteiger charge is -2.11. The molecule has 2 aromatic carbocycles. The average molecular weight is 227 g/mol. The number of rotatable bonds is 3. The normalized spacial score (nSPS) is 10.2. The van der Waals surface area contributed by atoms with Crippen LogP contribution in [0.25, 0.3) is 0 Å². The first-order valence-corrected chi connectivity index (χ1v) is 5.67. The van der Waals surface area contributed by atoms with Crippen molar-refractivity contribution in [2.75, 3.05) is 12.8 Å². The number of ether oxygens (including phenoxy) is 1. The summed E-state index contributed by atoms with van der Waals surface area (Å²) in [5.41, 5.74) is 10.4. The predicted molar refractivity (Wildman–Crippen MR) is 71.4 cm³/mol. The highest BCUT2D eigenvalue weighted by atomic mass is 16.5. The molecule has 0 radical (unpaired) electrons. The molecule has 0 atom stereocenters. The lowest BCUT2D eigenvalue weighted by Crippen LogP contribution is -1.99. The molecule has 0 saturated heterocycles. The van der Waals surface area contributed by atoms with Gasteiger partial charge in [-0.25, -0.2) is 0 Å². The first-order valence-electron chi connectivity index (χ1n) is 5.67. The summed E-state index contributed by atoms with van der Waals surface area (Å²) in [7, 11) is 1.68. The second kappa shape index (κ2) is 4.91. The molecule has 0 aliphatic heterocycles. The zero-order valence-corrected chi connectivity index (χ0v) is 10.2. The van der Waals surface area contributed by atoms with Gasteiger partial charge in [-0.3, -0.25) is 0 Å². The van der Waals surface area contributed by atoms with Crippen molar-refractivity contribution in [1.82, 2.24) is 0 Å². The van der Waals surface area contributed by atoms with E-state index in [-0.39, 0.29) is 0 Å². The van der Waals surface area contributed by atoms with Crippen LogP contribution in [0.2, 0.25) is 0 Å². The van der Waals surface area contributed by atoms with E-state index in [1.165, 1.54) is 5.56 Å². The lowest BCUT2D eigenvalue weighted by atomic mass is 10.0. The highest BCUT2D eigenvalue weighted by Gasteiger charge is 2.06. The van der Waals surface area contributed by atoms with Gasteiger partial charge in [-0.2, -0.15) is 0 Å². The van der Waals surface area contributed by atoms with Crippen LogP contribution < -0.4 is 10.5 Å². The van der Waals surface area contributed by atoms with Crippen molar-refractivity contribution < 1.29 is 4.74 Å². The van der Waals surface area contributed by atoms with Gasteiger partial charge in [0.15, 0.2) is 0 Å². The van der Waals surface area contributed by atoms with Gasteiger partial charge in [0, 0.05) is 5.69 Å². The molecule has 0 amide bonds. The Morgan fingerprint density at radius 3 is 2.47 bits per heavy atom. The zero-order valence-electron chi connectivity index (χ0n) is 10.2. The Hall–Kier alpha value is -1.96. The molecule has 0 bridgehead atoms. The third-order valence-electron chi connectivity index (χ3n) is 2.92. The summed E-state index contributed by atoms with van der Waals surface area (Å²) >= 11 is 0. The largest absolute Gasteiger partial charge is 0.497 e. The summed E-state index contributed by atoms with van der Waals surface area (Å²) in [5, 5.41) is 0. The van der Waals surface area contributed by atoms with Gasteiger partial charge < -0.3 is 10.5 Å². The van der Waals surface area contributed by atoms with Crippen molar-refractivity contribution >= 4 is 5.69 Å². The number of aryl methyl sites for hydroxylation is 1. The fourth-order valence-electron chi connectivity index (χ4n) is 1.92. The molecular weight excluding hydrogens is 210 g/mol. The molecular formula is C15H17NO. The Kier molecular flexibility index (Phi) is 3.33. The van der Waals surface area contributed by atoms with Gasteiger partial charge in [0.25, 0.3) is 0 Å². The van der Waals surface area contributed by atoms with Crippen LogP contribution in [-0.2, 0) is 6.42 Å². The van der Waals surface area contributed by atoms with E-state index in [0.29, 0.717) is 0 Å². The molecule has 0 heterocycles. The van der Waals surface area contributed by atoms with Gasteiger partial charge >= 0.3 is 0 Å². The fraction of sp³-hybridized carbons (Fsp3) is 0.200. The average Bonchev–Trinajstić information content (AvgIpc) is 2.36. The molecule has 0 aromatic heterocycles. The molecule has 2 rings (SSSR count). The van der Waals surface area contributed by atoms with Crippen molar-refractivity contribution in [3.8, 4) is 5.75 Å². The van der Waals surface area contributed by atoms with Crippen molar-refractivity contribution in [3.63, 3.8) is 0 Å². The van der Waals surface area contributed by atoms with Gasteiger partial charge in [0.1, 0.15) is 5.75 Å². The first-order chi connectivity index (χ1) is 8.20. The number of hydrogen-bond donors (Lipinski definition) is 1. The van der Waals surface area contributed by atoms with E-state index < -0.39 is 0 Å². The predicted octanol–water partition coefficient (Wildman–Crippen LogP) is 3.18. The van der Waals surface area contributed by atoms with Crippen molar-refractivity contribution in [2.24, 2.45) is 0 Å². The molecule has 88 valence electrons. The number of nitrogens with two attached hydrogens (primary N) is 1. The molecule has 17 heavy (non-hydrogen) atoms. The Labute approximate surface area is 102 Å². The first kappa shape index (κ1) is 11.5. The standard InChI is InChI=1S/C15H17NO/c1-11-8-14(17-2)10-13(15(11)16)9-12-6-4-3-5-7-12/h3-8,10H,9,16H2,1-2H3. The summed E-state index contributed by atoms with van der Waals surface area (Å²) in [5.74, 6) is 0.864. The van der Waals surface area contributed by atoms with Crippen LogP contribution >= 0.6 is 0 Å². The van der Waals surface area contributed by atoms with Gasteiger partial charge in [-0.15, -0.1) is 0 Å². The number of anilines is 1. The topological polar surface area (TPSA) is 35.2 Å². The van der Waals surface area contributed by atoms with Crippen LogP contribution in [0.1, 0.15) is 16.7 Å². The highest BCUT2D eigenvalue weighted by Crippen LogP contribution is 2.26. The van der Waals surface area contributed by atoms with Crippen LogP contribution in [0, 0.1) is 6.92 Å². The van der Waals surface area contributed by atoms with Crippen LogP contribution in [0.4, 0.5) is 5.69 Å². The molecule has 0 saturated carbocycles. The van der Waals surface area contributed by atoms with Gasteiger partial charge in [0.05, 0.1) is 7.11 Å². The Morgan fingerprint density at radius 2 is 1.82 bits per heavy atom. The third-order valence-corrected chi connectivity index (χ3v) is 2.92. The monoisotopic (exact) mass is 227 g/mol. The smallest absolute Gasteiger partial charge is 0.119 e. The highest BCUT2D eigenvalue weighted by molar-refractivity contribution is 5.58. The minimum atomic E-state index is 0.838. The molecule has 2 N–H and O–H groups in total. The fourth-order valence-corrected chi connectivity index (χ4v) is 1.92. The maximum absolute atomic E-state index is 6.10. The second-order valence-corrected chi connectivity index (χ2v) is 4.18. The van der Waals surface area contributed by atoms with Gasteiger partial charge in [-0.05, 0) is 42.2 Å². The van der Waals surface area contributed by atoms with Crippen LogP contribution in [0.5, 0.6) is 5.75 Å². The SMILES string of the molecule is COc1cc(C)c(N)c(Cc2ccccc2)c1. The third kappa shape index (κ3) is 2.59. The number of hydrogen-bond acceptors (Lipinski definition) is 2. The van der Waals surface area contributed by atoms with Gasteiger partial charge in [0.2, 0.25) is 0 Å². The molecule has 2 aromatic rings. The molecule has 0 unspecified atom stereocenters.